The number of nitrogens with one attached hydrogen (secondary N) is 2. The first-order valence-electron chi connectivity index (χ1n) is 6.48. The van der Waals surface area contributed by atoms with Crippen molar-refractivity contribution < 1.29 is 4.74 Å². The molecule has 0 fully saturated rings. The lowest BCUT2D eigenvalue weighted by Crippen LogP contribution is -2.19. The van der Waals surface area contributed by atoms with Gasteiger partial charge in [0.05, 0.1) is 12.1 Å². The van der Waals surface area contributed by atoms with Gasteiger partial charge in [0.2, 0.25) is 0 Å². The zero-order valence-corrected chi connectivity index (χ0v) is 13.7. The molecule has 0 radical (unpaired) electrons. The maximum atomic E-state index is 6.09. The quantitative estimate of drug-likeness (QED) is 0.798. The Morgan fingerprint density at radius 1 is 1.00 bits per heavy atom. The summed E-state index contributed by atoms with van der Waals surface area (Å²) in [6.45, 7) is 4.11. The Bertz CT molecular complexity index is 653. The fourth-order valence-corrected chi connectivity index (χ4v) is 2.58. The van der Waals surface area contributed by atoms with E-state index in [1.165, 1.54) is 11.1 Å². The van der Waals surface area contributed by atoms with Crippen LogP contribution in [0.15, 0.2) is 36.4 Å². The molecule has 21 heavy (non-hydrogen) atoms. The lowest BCUT2D eigenvalue weighted by Gasteiger charge is -2.13. The van der Waals surface area contributed by atoms with E-state index in [0.29, 0.717) is 15.9 Å². The van der Waals surface area contributed by atoms with Crippen LogP contribution in [-0.2, 0) is 0 Å². The molecular weight excluding hydrogens is 304 g/mol. The molecule has 2 rings (SSSR count). The highest BCUT2D eigenvalue weighted by atomic mass is 35.5. The first-order chi connectivity index (χ1) is 9.97. The van der Waals surface area contributed by atoms with Gasteiger partial charge in [0.25, 0.3) is 0 Å². The Kier molecular flexibility index (Phi) is 5.04. The number of benzene rings is 2. The molecule has 0 atom stereocenters. The van der Waals surface area contributed by atoms with Crippen molar-refractivity contribution in [1.29, 1.82) is 0 Å². The highest BCUT2D eigenvalue weighted by molar-refractivity contribution is 7.80. The molecule has 0 aromatic heterocycles. The SMILES string of the molecule is COc1ccc(NC(=S)Nc2cc(C)cc(C)c2)cc1Cl. The Balaban J connectivity index is 2.06. The number of anilines is 2. The van der Waals surface area contributed by atoms with Gasteiger partial charge in [0.15, 0.2) is 5.11 Å². The maximum Gasteiger partial charge on any atom is 0.175 e. The Morgan fingerprint density at radius 2 is 1.62 bits per heavy atom. The second kappa shape index (κ2) is 6.78. The van der Waals surface area contributed by atoms with Crippen LogP contribution < -0.4 is 15.4 Å². The smallest absolute Gasteiger partial charge is 0.175 e. The molecule has 2 N–H and O–H groups in total. The van der Waals surface area contributed by atoms with Crippen LogP contribution in [-0.4, -0.2) is 12.2 Å². The van der Waals surface area contributed by atoms with Crippen molar-refractivity contribution in [2.75, 3.05) is 17.7 Å². The molecule has 2 aromatic carbocycles. The van der Waals surface area contributed by atoms with Gasteiger partial charge in [0, 0.05) is 11.4 Å². The summed E-state index contributed by atoms with van der Waals surface area (Å²) in [4.78, 5) is 0. The van der Waals surface area contributed by atoms with Crippen LogP contribution in [0.25, 0.3) is 0 Å². The van der Waals surface area contributed by atoms with Gasteiger partial charge in [-0.1, -0.05) is 17.7 Å². The Hall–Kier alpha value is -1.78. The number of halogens is 1. The summed E-state index contributed by atoms with van der Waals surface area (Å²) in [5, 5.41) is 7.32. The van der Waals surface area contributed by atoms with E-state index in [1.807, 2.05) is 18.2 Å². The second-order valence-corrected chi connectivity index (χ2v) is 5.62. The number of rotatable bonds is 3. The summed E-state index contributed by atoms with van der Waals surface area (Å²) in [6.07, 6.45) is 0. The van der Waals surface area contributed by atoms with Crippen LogP contribution in [0, 0.1) is 13.8 Å². The van der Waals surface area contributed by atoms with Crippen LogP contribution >= 0.6 is 23.8 Å². The molecule has 0 amide bonds. The number of hydrogen-bond donors (Lipinski definition) is 2. The minimum absolute atomic E-state index is 0.515. The molecule has 0 heterocycles. The summed E-state index contributed by atoms with van der Waals surface area (Å²) in [5.74, 6) is 0.635. The van der Waals surface area contributed by atoms with E-state index in [-0.39, 0.29) is 0 Å². The van der Waals surface area contributed by atoms with Crippen LogP contribution in [0.2, 0.25) is 5.02 Å². The first-order valence-corrected chi connectivity index (χ1v) is 7.26. The molecule has 2 aromatic rings. The minimum atomic E-state index is 0.515. The average molecular weight is 321 g/mol. The van der Waals surface area contributed by atoms with E-state index in [0.717, 1.165) is 11.4 Å². The lowest BCUT2D eigenvalue weighted by atomic mass is 10.1. The summed E-state index contributed by atoms with van der Waals surface area (Å²) in [5.41, 5.74) is 4.15. The molecule has 0 bridgehead atoms. The second-order valence-electron chi connectivity index (χ2n) is 4.80. The van der Waals surface area contributed by atoms with Gasteiger partial charge in [0.1, 0.15) is 5.75 Å². The third-order valence-corrected chi connectivity index (χ3v) is 3.39. The van der Waals surface area contributed by atoms with Crippen molar-refractivity contribution in [3.63, 3.8) is 0 Å². The predicted molar refractivity (Wildman–Crippen MR) is 93.8 cm³/mol. The molecule has 0 spiro atoms. The van der Waals surface area contributed by atoms with Crippen LogP contribution in [0.5, 0.6) is 5.75 Å². The normalized spacial score (nSPS) is 10.1. The number of aryl methyl sites for hydroxylation is 2. The zero-order chi connectivity index (χ0) is 15.4. The third kappa shape index (κ3) is 4.34. The van der Waals surface area contributed by atoms with Gasteiger partial charge in [-0.2, -0.15) is 0 Å². The molecule has 0 aliphatic carbocycles. The molecule has 110 valence electrons. The van der Waals surface area contributed by atoms with E-state index in [2.05, 4.69) is 30.5 Å². The van der Waals surface area contributed by atoms with Crippen molar-refractivity contribution >= 4 is 40.3 Å². The highest BCUT2D eigenvalue weighted by Crippen LogP contribution is 2.27. The molecule has 0 aliphatic rings. The number of thiocarbonyl (C=S) groups is 1. The van der Waals surface area contributed by atoms with Gasteiger partial charge in [-0.05, 0) is 67.5 Å². The average Bonchev–Trinajstić information content (AvgIpc) is 2.37. The van der Waals surface area contributed by atoms with Crippen LogP contribution in [0.1, 0.15) is 11.1 Å². The standard InChI is InChI=1S/C16H17ClN2OS/c1-10-6-11(2)8-13(7-10)19-16(21)18-12-4-5-15(20-3)14(17)9-12/h4-9H,1-3H3,(H2,18,19,21). The van der Waals surface area contributed by atoms with Gasteiger partial charge in [-0.3, -0.25) is 0 Å². The van der Waals surface area contributed by atoms with Gasteiger partial charge in [-0.15, -0.1) is 0 Å². The fourth-order valence-electron chi connectivity index (χ4n) is 2.08. The number of methoxy groups -OCH3 is 1. The van der Waals surface area contributed by atoms with Crippen LogP contribution in [0.3, 0.4) is 0 Å². The highest BCUT2D eigenvalue weighted by Gasteiger charge is 2.04. The monoisotopic (exact) mass is 320 g/mol. The molecule has 0 unspecified atom stereocenters. The van der Waals surface area contributed by atoms with Crippen LogP contribution in [0.4, 0.5) is 11.4 Å². The molecular formula is C16H17ClN2OS. The minimum Gasteiger partial charge on any atom is -0.495 e. The Morgan fingerprint density at radius 3 is 2.19 bits per heavy atom. The van der Waals surface area contributed by atoms with Gasteiger partial charge < -0.3 is 15.4 Å². The molecule has 0 aliphatic heterocycles. The first kappa shape index (κ1) is 15.6. The number of hydrogen-bond acceptors (Lipinski definition) is 2. The van der Waals surface area contributed by atoms with Crippen molar-refractivity contribution in [3.8, 4) is 5.75 Å². The van der Waals surface area contributed by atoms with E-state index in [9.17, 15) is 0 Å². The van der Waals surface area contributed by atoms with Gasteiger partial charge >= 0.3 is 0 Å². The van der Waals surface area contributed by atoms with E-state index in [1.54, 1.807) is 19.2 Å². The lowest BCUT2D eigenvalue weighted by molar-refractivity contribution is 0.415. The molecule has 3 nitrogen and oxygen atoms in total. The largest absolute Gasteiger partial charge is 0.495 e. The molecule has 0 saturated heterocycles. The summed E-state index contributed by atoms with van der Waals surface area (Å²) < 4.78 is 5.12. The van der Waals surface area contributed by atoms with Gasteiger partial charge in [-0.25, -0.2) is 0 Å². The fraction of sp³-hybridized carbons (Fsp3) is 0.188. The van der Waals surface area contributed by atoms with E-state index < -0.39 is 0 Å². The molecule has 5 heteroatoms. The summed E-state index contributed by atoms with van der Waals surface area (Å²) in [6, 6.07) is 11.6. The van der Waals surface area contributed by atoms with Crippen molar-refractivity contribution in [2.45, 2.75) is 13.8 Å². The third-order valence-electron chi connectivity index (χ3n) is 2.89. The van der Waals surface area contributed by atoms with Crippen molar-refractivity contribution in [3.05, 3.63) is 52.5 Å². The summed E-state index contributed by atoms with van der Waals surface area (Å²) >= 11 is 11.4. The predicted octanol–water partition coefficient (Wildman–Crippen LogP) is 4.77. The van der Waals surface area contributed by atoms with Crippen molar-refractivity contribution in [1.82, 2.24) is 0 Å². The van der Waals surface area contributed by atoms with E-state index in [4.69, 9.17) is 28.6 Å². The van der Waals surface area contributed by atoms with Crippen molar-refractivity contribution in [2.24, 2.45) is 0 Å². The number of ether oxygens (including phenoxy) is 1. The van der Waals surface area contributed by atoms with E-state index >= 15 is 0 Å². The topological polar surface area (TPSA) is 33.3 Å². The zero-order valence-electron chi connectivity index (χ0n) is 12.2. The maximum absolute atomic E-state index is 6.09. The Labute approximate surface area is 135 Å². The molecule has 0 saturated carbocycles. The summed E-state index contributed by atoms with van der Waals surface area (Å²) in [7, 11) is 1.58.